The van der Waals surface area contributed by atoms with E-state index in [1.165, 1.54) is 18.5 Å². The largest absolute Gasteiger partial charge is 0.394 e. The van der Waals surface area contributed by atoms with Crippen LogP contribution in [0.2, 0.25) is 0 Å². The summed E-state index contributed by atoms with van der Waals surface area (Å²) in [5, 5.41) is 14.2. The Hall–Kier alpha value is -0.870. The Kier molecular flexibility index (Phi) is 3.84. The lowest BCUT2D eigenvalue weighted by Gasteiger charge is -2.24. The van der Waals surface area contributed by atoms with Crippen molar-refractivity contribution in [2.24, 2.45) is 11.7 Å². The quantitative estimate of drug-likeness (QED) is 0.783. The minimum Gasteiger partial charge on any atom is -0.394 e. The van der Waals surface area contributed by atoms with Crippen LogP contribution >= 0.6 is 0 Å². The summed E-state index contributed by atoms with van der Waals surface area (Å²) in [4.78, 5) is 0. The number of aryl methyl sites for hydroxylation is 2. The topological polar surface area (TPSA) is 64.1 Å². The van der Waals surface area contributed by atoms with E-state index < -0.39 is 0 Å². The van der Waals surface area contributed by atoms with Crippen molar-refractivity contribution >= 4 is 0 Å². The molecule has 0 aromatic carbocycles. The molecule has 0 amide bonds. The molecule has 3 N–H and O–H groups in total. The predicted octanol–water partition coefficient (Wildman–Crippen LogP) is 1.28. The van der Waals surface area contributed by atoms with E-state index in [9.17, 15) is 5.11 Å². The van der Waals surface area contributed by atoms with Crippen LogP contribution in [0.5, 0.6) is 0 Å². The molecule has 1 aliphatic rings. The molecule has 4 heteroatoms. The maximum absolute atomic E-state index is 9.59. The van der Waals surface area contributed by atoms with Crippen LogP contribution in [0.25, 0.3) is 0 Å². The fourth-order valence-corrected chi connectivity index (χ4v) is 2.37. The number of nitrogens with two attached hydrogens (primary N) is 1. The van der Waals surface area contributed by atoms with Gasteiger partial charge in [-0.05, 0) is 37.7 Å². The smallest absolute Gasteiger partial charge is 0.0906 e. The van der Waals surface area contributed by atoms with Crippen molar-refractivity contribution in [3.05, 3.63) is 17.5 Å². The van der Waals surface area contributed by atoms with Crippen LogP contribution in [0.3, 0.4) is 0 Å². The van der Waals surface area contributed by atoms with Gasteiger partial charge in [0.05, 0.1) is 18.3 Å². The molecule has 1 aromatic heterocycles. The van der Waals surface area contributed by atoms with Gasteiger partial charge in [-0.25, -0.2) is 0 Å². The average molecular weight is 237 g/mol. The van der Waals surface area contributed by atoms with E-state index in [-0.39, 0.29) is 18.7 Å². The zero-order valence-electron chi connectivity index (χ0n) is 10.8. The molecule has 2 rings (SSSR count). The maximum atomic E-state index is 9.59. The van der Waals surface area contributed by atoms with Crippen molar-refractivity contribution in [2.45, 2.75) is 51.6 Å². The second-order valence-electron chi connectivity index (χ2n) is 4.94. The van der Waals surface area contributed by atoms with Gasteiger partial charge in [0.2, 0.25) is 0 Å². The van der Waals surface area contributed by atoms with E-state index in [4.69, 9.17) is 5.73 Å². The summed E-state index contributed by atoms with van der Waals surface area (Å²) in [5.41, 5.74) is 8.48. The number of hydrogen-bond donors (Lipinski definition) is 2. The third-order valence-electron chi connectivity index (χ3n) is 3.70. The molecule has 96 valence electrons. The van der Waals surface area contributed by atoms with E-state index >= 15 is 0 Å². The SMILES string of the molecule is CCc1cc(CC)n(C(CO)C(N)C2CC2)n1. The van der Waals surface area contributed by atoms with Crippen molar-refractivity contribution in [1.82, 2.24) is 9.78 Å². The highest BCUT2D eigenvalue weighted by Crippen LogP contribution is 2.36. The highest BCUT2D eigenvalue weighted by atomic mass is 16.3. The van der Waals surface area contributed by atoms with Crippen LogP contribution in [-0.2, 0) is 12.8 Å². The van der Waals surface area contributed by atoms with Gasteiger partial charge >= 0.3 is 0 Å². The number of aromatic nitrogens is 2. The number of rotatable bonds is 6. The minimum absolute atomic E-state index is 0.0370. The van der Waals surface area contributed by atoms with Crippen molar-refractivity contribution in [3.8, 4) is 0 Å². The first kappa shape index (κ1) is 12.6. The van der Waals surface area contributed by atoms with E-state index in [1.807, 2.05) is 4.68 Å². The lowest BCUT2D eigenvalue weighted by Crippen LogP contribution is -2.37. The van der Waals surface area contributed by atoms with Crippen LogP contribution < -0.4 is 5.73 Å². The standard InChI is InChI=1S/C13H23N3O/c1-3-10-7-11(4-2)16(15-10)12(8-17)13(14)9-5-6-9/h7,9,12-13,17H,3-6,8,14H2,1-2H3. The molecular weight excluding hydrogens is 214 g/mol. The van der Waals surface area contributed by atoms with Crippen LogP contribution in [0.15, 0.2) is 6.07 Å². The van der Waals surface area contributed by atoms with Crippen molar-refractivity contribution in [3.63, 3.8) is 0 Å². The molecule has 0 spiro atoms. The Labute approximate surface area is 103 Å². The molecule has 2 atom stereocenters. The molecule has 1 heterocycles. The first-order chi connectivity index (χ1) is 8.21. The fourth-order valence-electron chi connectivity index (χ4n) is 2.37. The minimum atomic E-state index is -0.0576. The monoisotopic (exact) mass is 237 g/mol. The van der Waals surface area contributed by atoms with Crippen molar-refractivity contribution < 1.29 is 5.11 Å². The zero-order chi connectivity index (χ0) is 12.4. The van der Waals surface area contributed by atoms with Gasteiger partial charge in [-0.15, -0.1) is 0 Å². The molecule has 1 aromatic rings. The summed E-state index contributed by atoms with van der Waals surface area (Å²) < 4.78 is 1.96. The summed E-state index contributed by atoms with van der Waals surface area (Å²) in [6, 6.07) is 2.11. The Bertz CT molecular complexity index is 371. The van der Waals surface area contributed by atoms with Gasteiger partial charge in [-0.3, -0.25) is 4.68 Å². The molecule has 1 aliphatic carbocycles. The Morgan fingerprint density at radius 1 is 1.47 bits per heavy atom. The highest BCUT2D eigenvalue weighted by Gasteiger charge is 2.35. The molecule has 2 unspecified atom stereocenters. The molecule has 1 saturated carbocycles. The zero-order valence-corrected chi connectivity index (χ0v) is 10.8. The number of aliphatic hydroxyl groups excluding tert-OH is 1. The number of nitrogens with zero attached hydrogens (tertiary/aromatic N) is 2. The average Bonchev–Trinajstić information content (AvgIpc) is 3.11. The van der Waals surface area contributed by atoms with E-state index in [0.717, 1.165) is 18.5 Å². The molecule has 0 aliphatic heterocycles. The molecule has 0 bridgehead atoms. The molecule has 4 nitrogen and oxygen atoms in total. The van der Waals surface area contributed by atoms with Gasteiger partial charge < -0.3 is 10.8 Å². The first-order valence-corrected chi connectivity index (χ1v) is 6.65. The van der Waals surface area contributed by atoms with Crippen LogP contribution in [-0.4, -0.2) is 27.5 Å². The predicted molar refractivity (Wildman–Crippen MR) is 67.8 cm³/mol. The Morgan fingerprint density at radius 3 is 2.65 bits per heavy atom. The molecule has 1 fully saturated rings. The van der Waals surface area contributed by atoms with Gasteiger partial charge in [0.25, 0.3) is 0 Å². The van der Waals surface area contributed by atoms with Crippen LogP contribution in [0.1, 0.15) is 44.1 Å². The van der Waals surface area contributed by atoms with Crippen LogP contribution in [0.4, 0.5) is 0 Å². The third-order valence-corrected chi connectivity index (χ3v) is 3.70. The fraction of sp³-hybridized carbons (Fsp3) is 0.769. The van der Waals surface area contributed by atoms with Crippen LogP contribution in [0, 0.1) is 5.92 Å². The first-order valence-electron chi connectivity index (χ1n) is 6.65. The number of aliphatic hydroxyl groups is 1. The van der Waals surface area contributed by atoms with Crippen molar-refractivity contribution in [2.75, 3.05) is 6.61 Å². The molecule has 0 radical (unpaired) electrons. The van der Waals surface area contributed by atoms with Gasteiger partial charge in [0.15, 0.2) is 0 Å². The van der Waals surface area contributed by atoms with E-state index in [1.54, 1.807) is 0 Å². The lowest BCUT2D eigenvalue weighted by molar-refractivity contribution is 0.185. The van der Waals surface area contributed by atoms with Gasteiger partial charge in [0, 0.05) is 11.7 Å². The Balaban J connectivity index is 2.24. The normalized spacial score (nSPS) is 19.3. The summed E-state index contributed by atoms with van der Waals surface area (Å²) in [5.74, 6) is 0.575. The third kappa shape index (κ3) is 2.53. The summed E-state index contributed by atoms with van der Waals surface area (Å²) >= 11 is 0. The second-order valence-corrected chi connectivity index (χ2v) is 4.94. The molecule has 17 heavy (non-hydrogen) atoms. The molecule has 0 saturated heterocycles. The van der Waals surface area contributed by atoms with Gasteiger partial charge in [0.1, 0.15) is 0 Å². The molecular formula is C13H23N3O. The summed E-state index contributed by atoms with van der Waals surface area (Å²) in [6.07, 6.45) is 4.25. The lowest BCUT2D eigenvalue weighted by atomic mass is 10.1. The van der Waals surface area contributed by atoms with Crippen molar-refractivity contribution in [1.29, 1.82) is 0 Å². The summed E-state index contributed by atoms with van der Waals surface area (Å²) in [6.45, 7) is 4.29. The second kappa shape index (κ2) is 5.19. The van der Waals surface area contributed by atoms with E-state index in [0.29, 0.717) is 5.92 Å². The van der Waals surface area contributed by atoms with E-state index in [2.05, 4.69) is 25.0 Å². The van der Waals surface area contributed by atoms with Gasteiger partial charge in [-0.2, -0.15) is 5.10 Å². The Morgan fingerprint density at radius 2 is 2.18 bits per heavy atom. The highest BCUT2D eigenvalue weighted by molar-refractivity contribution is 5.12. The number of hydrogen-bond acceptors (Lipinski definition) is 3. The maximum Gasteiger partial charge on any atom is 0.0906 e. The van der Waals surface area contributed by atoms with Gasteiger partial charge in [-0.1, -0.05) is 13.8 Å². The summed E-state index contributed by atoms with van der Waals surface area (Å²) in [7, 11) is 0.